The quantitative estimate of drug-likeness (QED) is 0.149. The summed E-state index contributed by atoms with van der Waals surface area (Å²) in [5, 5.41) is 16.0. The summed E-state index contributed by atoms with van der Waals surface area (Å²) < 4.78 is 79.9. The molecule has 0 unspecified atom stereocenters. The lowest BCUT2D eigenvalue weighted by Crippen LogP contribution is -2.20. The van der Waals surface area contributed by atoms with E-state index in [-0.39, 0.29) is 23.1 Å². The lowest BCUT2D eigenvalue weighted by atomic mass is 10.2. The fourth-order valence-corrected chi connectivity index (χ4v) is 3.64. The number of nitrogens with one attached hydrogen (secondary N) is 5. The highest BCUT2D eigenvalue weighted by atomic mass is 35.5. The van der Waals surface area contributed by atoms with Gasteiger partial charge in [0.2, 0.25) is 5.95 Å². The molecule has 2 amide bonds. The SMILES string of the molecule is Cc1cc(Nc2nc(Nc3cc(NC(=O)Nc4ccc(Cl)c(C(F)(F)F)c4)ccc3C)ncc2C(F)(F)F)n[nH]1. The number of benzene rings is 2. The van der Waals surface area contributed by atoms with E-state index < -0.39 is 40.4 Å². The molecule has 16 heteroatoms. The van der Waals surface area contributed by atoms with E-state index in [0.29, 0.717) is 29.2 Å². The van der Waals surface area contributed by atoms with Gasteiger partial charge in [0.1, 0.15) is 11.4 Å². The van der Waals surface area contributed by atoms with Crippen molar-refractivity contribution in [1.29, 1.82) is 0 Å². The molecule has 0 radical (unpaired) electrons. The van der Waals surface area contributed by atoms with Gasteiger partial charge in [0.15, 0.2) is 5.82 Å². The van der Waals surface area contributed by atoms with Gasteiger partial charge in [-0.15, -0.1) is 0 Å². The van der Waals surface area contributed by atoms with Crippen LogP contribution in [-0.2, 0) is 12.4 Å². The molecule has 9 nitrogen and oxygen atoms in total. The van der Waals surface area contributed by atoms with Crippen LogP contribution in [0.4, 0.5) is 65.8 Å². The van der Waals surface area contributed by atoms with Crippen LogP contribution in [0.1, 0.15) is 22.4 Å². The third kappa shape index (κ3) is 6.91. The zero-order chi connectivity index (χ0) is 29.2. The van der Waals surface area contributed by atoms with Crippen LogP contribution in [-0.4, -0.2) is 26.2 Å². The average molecular weight is 585 g/mol. The zero-order valence-electron chi connectivity index (χ0n) is 20.5. The van der Waals surface area contributed by atoms with Gasteiger partial charge < -0.3 is 21.3 Å². The molecule has 2 aromatic carbocycles. The summed E-state index contributed by atoms with van der Waals surface area (Å²) in [7, 11) is 0. The number of carbonyl (C=O) groups is 1. The molecule has 2 heterocycles. The standard InChI is InChI=1S/C24H19ClF6N8O/c1-11-3-4-14(34-22(40)33-13-5-6-17(25)15(8-13)23(26,27)28)9-18(11)35-21-32-10-16(24(29,30)31)20(37-21)36-19-7-12(2)38-39-19/h3-10H,1-2H3,(H2,33,34,40)(H3,32,35,36,37,38,39). The van der Waals surface area contributed by atoms with Crippen LogP contribution in [0.2, 0.25) is 5.02 Å². The van der Waals surface area contributed by atoms with Gasteiger partial charge in [-0.1, -0.05) is 17.7 Å². The summed E-state index contributed by atoms with van der Waals surface area (Å²) >= 11 is 5.60. The minimum Gasteiger partial charge on any atom is -0.324 e. The van der Waals surface area contributed by atoms with Gasteiger partial charge in [0, 0.05) is 35.0 Å². The Morgan fingerprint density at radius 3 is 2.15 bits per heavy atom. The van der Waals surface area contributed by atoms with Crippen LogP contribution < -0.4 is 21.3 Å². The second kappa shape index (κ2) is 10.9. The van der Waals surface area contributed by atoms with Crippen molar-refractivity contribution in [2.45, 2.75) is 26.2 Å². The van der Waals surface area contributed by atoms with Crippen molar-refractivity contribution < 1.29 is 31.1 Å². The zero-order valence-corrected chi connectivity index (χ0v) is 21.3. The van der Waals surface area contributed by atoms with E-state index in [9.17, 15) is 31.1 Å². The van der Waals surface area contributed by atoms with Crippen LogP contribution in [0.15, 0.2) is 48.7 Å². The lowest BCUT2D eigenvalue weighted by Gasteiger charge is -2.15. The second-order valence-electron chi connectivity index (χ2n) is 8.44. The topological polar surface area (TPSA) is 120 Å². The van der Waals surface area contributed by atoms with Crippen LogP contribution in [0.3, 0.4) is 0 Å². The molecule has 0 aliphatic heterocycles. The molecule has 0 spiro atoms. The van der Waals surface area contributed by atoms with E-state index in [4.69, 9.17) is 11.6 Å². The molecular formula is C24H19ClF6N8O. The molecule has 0 aliphatic carbocycles. The predicted molar refractivity (Wildman–Crippen MR) is 137 cm³/mol. The number of amides is 2. The van der Waals surface area contributed by atoms with Crippen molar-refractivity contribution in [3.63, 3.8) is 0 Å². The maximum absolute atomic E-state index is 13.5. The first-order chi connectivity index (χ1) is 18.7. The molecule has 4 rings (SSSR count). The highest BCUT2D eigenvalue weighted by Gasteiger charge is 2.36. The molecular weight excluding hydrogens is 566 g/mol. The van der Waals surface area contributed by atoms with E-state index in [2.05, 4.69) is 41.4 Å². The molecule has 0 atom stereocenters. The number of anilines is 6. The summed E-state index contributed by atoms with van der Waals surface area (Å²) in [5.74, 6) is -0.610. The first-order valence-electron chi connectivity index (χ1n) is 11.2. The summed E-state index contributed by atoms with van der Waals surface area (Å²) in [6.45, 7) is 3.36. The van der Waals surface area contributed by atoms with E-state index >= 15 is 0 Å². The number of aromatic amines is 1. The number of halogens is 7. The summed E-state index contributed by atoms with van der Waals surface area (Å²) in [6.07, 6.45) is -8.84. The Hall–Kier alpha value is -4.53. The fraction of sp³-hybridized carbons (Fsp3) is 0.167. The van der Waals surface area contributed by atoms with Crippen molar-refractivity contribution in [1.82, 2.24) is 20.2 Å². The van der Waals surface area contributed by atoms with E-state index in [1.165, 1.54) is 24.3 Å². The van der Waals surface area contributed by atoms with Crippen molar-refractivity contribution in [2.75, 3.05) is 21.3 Å². The molecule has 0 bridgehead atoms. The Bertz CT molecular complexity index is 1550. The lowest BCUT2D eigenvalue weighted by molar-refractivity contribution is -0.138. The summed E-state index contributed by atoms with van der Waals surface area (Å²) in [6, 6.07) is 8.11. The van der Waals surface area contributed by atoms with E-state index in [0.717, 1.165) is 6.07 Å². The van der Waals surface area contributed by atoms with Crippen molar-refractivity contribution >= 4 is 52.3 Å². The maximum atomic E-state index is 13.5. The molecule has 0 saturated heterocycles. The van der Waals surface area contributed by atoms with Crippen molar-refractivity contribution in [3.05, 3.63) is 76.1 Å². The van der Waals surface area contributed by atoms with Gasteiger partial charge in [-0.2, -0.15) is 36.4 Å². The first kappa shape index (κ1) is 28.5. The normalized spacial score (nSPS) is 11.7. The largest absolute Gasteiger partial charge is 0.421 e. The number of urea groups is 1. The van der Waals surface area contributed by atoms with Gasteiger partial charge >= 0.3 is 18.4 Å². The number of hydrogen-bond donors (Lipinski definition) is 5. The molecule has 0 fully saturated rings. The van der Waals surface area contributed by atoms with Gasteiger partial charge in [-0.25, -0.2) is 9.78 Å². The van der Waals surface area contributed by atoms with Crippen LogP contribution in [0.5, 0.6) is 0 Å². The Kier molecular flexibility index (Phi) is 7.77. The van der Waals surface area contributed by atoms with Gasteiger partial charge in [0.05, 0.1) is 10.6 Å². The molecule has 210 valence electrons. The van der Waals surface area contributed by atoms with Gasteiger partial charge in [0.25, 0.3) is 0 Å². The Labute approximate surface area is 227 Å². The Morgan fingerprint density at radius 1 is 0.875 bits per heavy atom. The number of alkyl halides is 6. The highest BCUT2D eigenvalue weighted by molar-refractivity contribution is 6.31. The molecule has 2 aromatic heterocycles. The van der Waals surface area contributed by atoms with Crippen LogP contribution >= 0.6 is 11.6 Å². The minimum absolute atomic E-state index is 0.115. The second-order valence-corrected chi connectivity index (χ2v) is 8.85. The Morgan fingerprint density at radius 2 is 1.52 bits per heavy atom. The van der Waals surface area contributed by atoms with Crippen LogP contribution in [0.25, 0.3) is 0 Å². The Balaban J connectivity index is 1.53. The average Bonchev–Trinajstić information content (AvgIpc) is 3.25. The fourth-order valence-electron chi connectivity index (χ4n) is 3.42. The number of aryl methyl sites for hydroxylation is 2. The molecule has 0 saturated carbocycles. The van der Waals surface area contributed by atoms with Gasteiger partial charge in [-0.3, -0.25) is 5.10 Å². The van der Waals surface area contributed by atoms with Crippen molar-refractivity contribution in [3.8, 4) is 0 Å². The smallest absolute Gasteiger partial charge is 0.324 e. The monoisotopic (exact) mass is 584 g/mol. The number of H-pyrrole nitrogens is 1. The third-order valence-electron chi connectivity index (χ3n) is 5.32. The first-order valence-corrected chi connectivity index (χ1v) is 11.6. The van der Waals surface area contributed by atoms with E-state index in [1.807, 2.05) is 0 Å². The molecule has 5 N–H and O–H groups in total. The predicted octanol–water partition coefficient (Wildman–Crippen LogP) is 7.64. The number of hydrogen-bond acceptors (Lipinski definition) is 6. The number of carbonyl (C=O) groups excluding carboxylic acids is 1. The molecule has 4 aromatic rings. The van der Waals surface area contributed by atoms with Crippen LogP contribution in [0, 0.1) is 13.8 Å². The summed E-state index contributed by atoms with van der Waals surface area (Å²) in [4.78, 5) is 20.1. The third-order valence-corrected chi connectivity index (χ3v) is 5.65. The number of nitrogens with zero attached hydrogens (tertiary/aromatic N) is 3. The maximum Gasteiger partial charge on any atom is 0.421 e. The number of rotatable bonds is 6. The van der Waals surface area contributed by atoms with E-state index in [1.54, 1.807) is 19.9 Å². The molecule has 0 aliphatic rings. The van der Waals surface area contributed by atoms with Crippen molar-refractivity contribution in [2.24, 2.45) is 0 Å². The number of aromatic nitrogens is 4. The summed E-state index contributed by atoms with van der Waals surface area (Å²) in [5.41, 5.74) is -0.577. The van der Waals surface area contributed by atoms with Gasteiger partial charge in [-0.05, 0) is 49.7 Å². The minimum atomic E-state index is -4.75. The highest BCUT2D eigenvalue weighted by Crippen LogP contribution is 2.37. The molecule has 40 heavy (non-hydrogen) atoms.